The summed E-state index contributed by atoms with van der Waals surface area (Å²) in [5, 5.41) is 6.42. The lowest BCUT2D eigenvalue weighted by molar-refractivity contribution is -0.124. The van der Waals surface area contributed by atoms with E-state index in [9.17, 15) is 4.79 Å². The van der Waals surface area contributed by atoms with Gasteiger partial charge in [-0.3, -0.25) is 4.79 Å². The third-order valence-electron chi connectivity index (χ3n) is 3.80. The molecule has 2 fully saturated rings. The van der Waals surface area contributed by atoms with Gasteiger partial charge in [-0.2, -0.15) is 0 Å². The molecule has 0 bridgehead atoms. The number of hydrogen-bond acceptors (Lipinski definition) is 3. The van der Waals surface area contributed by atoms with Crippen LogP contribution in [-0.2, 0) is 9.53 Å². The highest BCUT2D eigenvalue weighted by atomic mass is 16.5. The van der Waals surface area contributed by atoms with E-state index in [1.165, 1.54) is 6.42 Å². The first kappa shape index (κ1) is 12.8. The van der Waals surface area contributed by atoms with E-state index in [-0.39, 0.29) is 5.91 Å². The van der Waals surface area contributed by atoms with Crippen molar-refractivity contribution >= 4 is 5.91 Å². The largest absolute Gasteiger partial charge is 0.378 e. The quantitative estimate of drug-likeness (QED) is 0.730. The SMILES string of the molecule is CCOC1CC(NC(=O)CCC2CCNC2)C1. The predicted molar refractivity (Wildman–Crippen MR) is 66.8 cm³/mol. The first-order valence-electron chi connectivity index (χ1n) is 6.89. The zero-order valence-corrected chi connectivity index (χ0v) is 10.7. The Morgan fingerprint density at radius 3 is 2.94 bits per heavy atom. The fourth-order valence-corrected chi connectivity index (χ4v) is 2.65. The highest BCUT2D eigenvalue weighted by Crippen LogP contribution is 2.23. The summed E-state index contributed by atoms with van der Waals surface area (Å²) < 4.78 is 5.47. The predicted octanol–water partition coefficient (Wildman–Crippen LogP) is 1.06. The van der Waals surface area contributed by atoms with Crippen molar-refractivity contribution in [3.8, 4) is 0 Å². The molecule has 98 valence electrons. The van der Waals surface area contributed by atoms with Gasteiger partial charge in [-0.15, -0.1) is 0 Å². The average Bonchev–Trinajstić information content (AvgIpc) is 2.76. The molecule has 0 radical (unpaired) electrons. The van der Waals surface area contributed by atoms with Crippen LogP contribution in [-0.4, -0.2) is 37.7 Å². The Morgan fingerprint density at radius 2 is 2.29 bits per heavy atom. The van der Waals surface area contributed by atoms with Crippen molar-refractivity contribution < 1.29 is 9.53 Å². The molecule has 1 unspecified atom stereocenters. The van der Waals surface area contributed by atoms with E-state index in [4.69, 9.17) is 4.74 Å². The van der Waals surface area contributed by atoms with Crippen molar-refractivity contribution in [1.82, 2.24) is 10.6 Å². The van der Waals surface area contributed by atoms with Gasteiger partial charge < -0.3 is 15.4 Å². The Hall–Kier alpha value is -0.610. The molecule has 1 saturated carbocycles. The monoisotopic (exact) mass is 240 g/mol. The van der Waals surface area contributed by atoms with Crippen molar-refractivity contribution in [3.05, 3.63) is 0 Å². The van der Waals surface area contributed by atoms with Gasteiger partial charge in [0.05, 0.1) is 6.10 Å². The van der Waals surface area contributed by atoms with Crippen LogP contribution < -0.4 is 10.6 Å². The van der Waals surface area contributed by atoms with Crippen LogP contribution in [0.4, 0.5) is 0 Å². The van der Waals surface area contributed by atoms with E-state index in [1.807, 2.05) is 6.92 Å². The summed E-state index contributed by atoms with van der Waals surface area (Å²) in [5.74, 6) is 0.926. The Labute approximate surface area is 103 Å². The van der Waals surface area contributed by atoms with Crippen LogP contribution in [0.1, 0.15) is 39.0 Å². The number of carbonyl (C=O) groups excluding carboxylic acids is 1. The van der Waals surface area contributed by atoms with E-state index in [2.05, 4.69) is 10.6 Å². The molecule has 1 aliphatic carbocycles. The Kier molecular flexibility index (Phi) is 4.80. The minimum Gasteiger partial charge on any atom is -0.378 e. The highest BCUT2D eigenvalue weighted by Gasteiger charge is 2.30. The summed E-state index contributed by atoms with van der Waals surface area (Å²) in [5.41, 5.74) is 0. The number of amides is 1. The minimum atomic E-state index is 0.219. The summed E-state index contributed by atoms with van der Waals surface area (Å²) in [4.78, 5) is 11.7. The number of hydrogen-bond donors (Lipinski definition) is 2. The second kappa shape index (κ2) is 6.36. The van der Waals surface area contributed by atoms with Gasteiger partial charge in [0.25, 0.3) is 0 Å². The molecule has 2 N–H and O–H groups in total. The molecule has 17 heavy (non-hydrogen) atoms. The van der Waals surface area contributed by atoms with Crippen molar-refractivity contribution in [2.75, 3.05) is 19.7 Å². The lowest BCUT2D eigenvalue weighted by Crippen LogP contribution is -2.47. The Bertz CT molecular complexity index is 246. The summed E-state index contributed by atoms with van der Waals surface area (Å²) in [6.07, 6.45) is 5.30. The van der Waals surface area contributed by atoms with Crippen molar-refractivity contribution in [2.45, 2.75) is 51.2 Å². The van der Waals surface area contributed by atoms with Crippen LogP contribution in [0.5, 0.6) is 0 Å². The van der Waals surface area contributed by atoms with E-state index in [1.54, 1.807) is 0 Å². The van der Waals surface area contributed by atoms with Crippen LogP contribution >= 0.6 is 0 Å². The van der Waals surface area contributed by atoms with Gasteiger partial charge >= 0.3 is 0 Å². The van der Waals surface area contributed by atoms with Gasteiger partial charge in [0.1, 0.15) is 0 Å². The van der Waals surface area contributed by atoms with Crippen molar-refractivity contribution in [3.63, 3.8) is 0 Å². The fourth-order valence-electron chi connectivity index (χ4n) is 2.65. The molecule has 0 aromatic carbocycles. The molecule has 1 atom stereocenters. The number of rotatable bonds is 6. The number of ether oxygens (including phenoxy) is 1. The molecular formula is C13H24N2O2. The zero-order valence-electron chi connectivity index (χ0n) is 10.7. The van der Waals surface area contributed by atoms with Crippen LogP contribution in [0.3, 0.4) is 0 Å². The van der Waals surface area contributed by atoms with Gasteiger partial charge in [-0.1, -0.05) is 0 Å². The standard InChI is InChI=1S/C13H24N2O2/c1-2-17-12-7-11(8-12)15-13(16)4-3-10-5-6-14-9-10/h10-12,14H,2-9H2,1H3,(H,15,16). The van der Waals surface area contributed by atoms with Gasteiger partial charge in [-0.25, -0.2) is 0 Å². The van der Waals surface area contributed by atoms with Gasteiger partial charge in [0.15, 0.2) is 0 Å². The normalized spacial score (nSPS) is 32.2. The number of nitrogens with one attached hydrogen (secondary N) is 2. The van der Waals surface area contributed by atoms with Crippen LogP contribution in [0.2, 0.25) is 0 Å². The molecule has 0 aromatic heterocycles. The zero-order chi connectivity index (χ0) is 12.1. The molecule has 0 spiro atoms. The van der Waals surface area contributed by atoms with E-state index < -0.39 is 0 Å². The summed E-state index contributed by atoms with van der Waals surface area (Å²) in [6.45, 7) is 5.00. The van der Waals surface area contributed by atoms with E-state index >= 15 is 0 Å². The molecule has 2 aliphatic rings. The summed E-state index contributed by atoms with van der Waals surface area (Å²) in [7, 11) is 0. The highest BCUT2D eigenvalue weighted by molar-refractivity contribution is 5.76. The molecule has 4 nitrogen and oxygen atoms in total. The molecule has 1 heterocycles. The minimum absolute atomic E-state index is 0.219. The van der Waals surface area contributed by atoms with E-state index in [0.29, 0.717) is 24.5 Å². The second-order valence-electron chi connectivity index (χ2n) is 5.21. The lowest BCUT2D eigenvalue weighted by atomic mass is 9.89. The molecule has 0 aromatic rings. The first-order valence-corrected chi connectivity index (χ1v) is 6.89. The average molecular weight is 240 g/mol. The lowest BCUT2D eigenvalue weighted by Gasteiger charge is -2.35. The second-order valence-corrected chi connectivity index (χ2v) is 5.21. The maximum atomic E-state index is 11.7. The third-order valence-corrected chi connectivity index (χ3v) is 3.80. The molecule has 2 rings (SSSR count). The van der Waals surface area contributed by atoms with Crippen LogP contribution in [0.25, 0.3) is 0 Å². The third kappa shape index (κ3) is 3.96. The van der Waals surface area contributed by atoms with Crippen molar-refractivity contribution in [2.24, 2.45) is 5.92 Å². The molecule has 4 heteroatoms. The maximum Gasteiger partial charge on any atom is 0.220 e. The Balaban J connectivity index is 1.52. The summed E-state index contributed by atoms with van der Waals surface area (Å²) in [6, 6.07) is 0.362. The summed E-state index contributed by atoms with van der Waals surface area (Å²) >= 11 is 0. The topological polar surface area (TPSA) is 50.4 Å². The maximum absolute atomic E-state index is 11.7. The van der Waals surface area contributed by atoms with Gasteiger partial charge in [-0.05, 0) is 51.6 Å². The Morgan fingerprint density at radius 1 is 1.47 bits per heavy atom. The van der Waals surface area contributed by atoms with Gasteiger partial charge in [0, 0.05) is 19.1 Å². The molecular weight excluding hydrogens is 216 g/mol. The number of carbonyl (C=O) groups is 1. The first-order chi connectivity index (χ1) is 8.28. The molecule has 1 aliphatic heterocycles. The van der Waals surface area contributed by atoms with Gasteiger partial charge in [0.2, 0.25) is 5.91 Å². The van der Waals surface area contributed by atoms with Crippen LogP contribution in [0.15, 0.2) is 0 Å². The smallest absolute Gasteiger partial charge is 0.220 e. The van der Waals surface area contributed by atoms with Crippen molar-refractivity contribution in [1.29, 1.82) is 0 Å². The molecule has 1 amide bonds. The van der Waals surface area contributed by atoms with Crippen LogP contribution in [0, 0.1) is 5.92 Å². The molecule has 1 saturated heterocycles. The fraction of sp³-hybridized carbons (Fsp3) is 0.923. The van der Waals surface area contributed by atoms with E-state index in [0.717, 1.165) is 39.0 Å².